The lowest BCUT2D eigenvalue weighted by molar-refractivity contribution is 0.00578. The van der Waals surface area contributed by atoms with Crippen LogP contribution in [-0.4, -0.2) is 35.3 Å². The molecule has 0 saturated carbocycles. The topological polar surface area (TPSA) is 46.1 Å². The van der Waals surface area contributed by atoms with Crippen LogP contribution in [0.3, 0.4) is 0 Å². The summed E-state index contributed by atoms with van der Waals surface area (Å²) in [5.74, 6) is 0.784. The average Bonchev–Trinajstić information content (AvgIpc) is 3.18. The Morgan fingerprint density at radius 3 is 2.26 bits per heavy atom. The van der Waals surface area contributed by atoms with Crippen LogP contribution in [0, 0.1) is 0 Å². The van der Waals surface area contributed by atoms with Gasteiger partial charge in [-0.05, 0) is 78.6 Å². The first-order valence-electron chi connectivity index (χ1n) is 10.9. The van der Waals surface area contributed by atoms with Crippen molar-refractivity contribution < 1.29 is 9.31 Å². The lowest BCUT2D eigenvalue weighted by Crippen LogP contribution is -2.41. The van der Waals surface area contributed by atoms with E-state index in [1.807, 2.05) is 44.1 Å². The lowest BCUT2D eigenvalue weighted by Gasteiger charge is -2.32. The van der Waals surface area contributed by atoms with Crippen LogP contribution < -0.4 is 5.43 Å². The van der Waals surface area contributed by atoms with Crippen LogP contribution in [0.4, 0.5) is 0 Å². The van der Waals surface area contributed by atoms with Gasteiger partial charge >= 0.3 is 7.12 Å². The molecule has 1 atom stereocenters. The highest BCUT2D eigenvalue weighted by Crippen LogP contribution is 2.39. The van der Waals surface area contributed by atoms with Gasteiger partial charge in [0.15, 0.2) is 0 Å². The fourth-order valence-electron chi connectivity index (χ4n) is 3.31. The van der Waals surface area contributed by atoms with Crippen molar-refractivity contribution in [3.05, 3.63) is 71.9 Å². The molecule has 0 aliphatic carbocycles. The molecule has 2 aliphatic rings. The number of amidine groups is 1. The van der Waals surface area contributed by atoms with E-state index in [1.54, 1.807) is 6.08 Å². The second-order valence-electron chi connectivity index (χ2n) is 9.00. The summed E-state index contributed by atoms with van der Waals surface area (Å²) in [6.07, 6.45) is 12.6. The van der Waals surface area contributed by atoms with E-state index < -0.39 is 7.12 Å². The Morgan fingerprint density at radius 2 is 1.77 bits per heavy atom. The van der Waals surface area contributed by atoms with E-state index in [0.717, 1.165) is 28.0 Å². The second kappa shape index (κ2) is 9.98. The summed E-state index contributed by atoms with van der Waals surface area (Å²) in [7, 11) is -0.394. The van der Waals surface area contributed by atoms with Crippen molar-refractivity contribution in [2.45, 2.75) is 79.2 Å². The minimum Gasteiger partial charge on any atom is -0.399 e. The maximum atomic E-state index is 6.29. The van der Waals surface area contributed by atoms with Gasteiger partial charge in [-0.2, -0.15) is 0 Å². The molecular weight excluding hydrogens is 385 g/mol. The van der Waals surface area contributed by atoms with Crippen LogP contribution in [0.25, 0.3) is 0 Å². The van der Waals surface area contributed by atoms with Crippen molar-refractivity contribution in [2.75, 3.05) is 0 Å². The largest absolute Gasteiger partial charge is 0.494 e. The maximum absolute atomic E-state index is 6.29. The molecule has 0 aromatic rings. The van der Waals surface area contributed by atoms with Gasteiger partial charge in [0.1, 0.15) is 12.0 Å². The van der Waals surface area contributed by atoms with Gasteiger partial charge in [-0.1, -0.05) is 42.5 Å². The van der Waals surface area contributed by atoms with E-state index in [4.69, 9.17) is 14.3 Å². The van der Waals surface area contributed by atoms with E-state index in [0.29, 0.717) is 6.42 Å². The Labute approximate surface area is 189 Å². The monoisotopic (exact) mass is 423 g/mol. The number of allylic oxidation sites excluding steroid dienone is 7. The smallest absolute Gasteiger partial charge is 0.399 e. The highest BCUT2D eigenvalue weighted by atomic mass is 16.7. The van der Waals surface area contributed by atoms with Crippen molar-refractivity contribution in [2.24, 2.45) is 4.99 Å². The molecule has 0 aromatic heterocycles. The highest BCUT2D eigenvalue weighted by Gasteiger charge is 2.52. The molecule has 0 bridgehead atoms. The molecule has 2 rings (SSSR count). The van der Waals surface area contributed by atoms with Gasteiger partial charge < -0.3 is 9.31 Å². The molecule has 0 aromatic carbocycles. The Bertz CT molecular complexity index is 846. The molecule has 6 heteroatoms. The summed E-state index contributed by atoms with van der Waals surface area (Å²) >= 11 is 0. The predicted molar refractivity (Wildman–Crippen MR) is 132 cm³/mol. The first-order valence-corrected chi connectivity index (χ1v) is 10.9. The number of hydrazine groups is 1. The van der Waals surface area contributed by atoms with Crippen molar-refractivity contribution in [1.29, 1.82) is 0 Å². The third kappa shape index (κ3) is 5.76. The molecule has 0 radical (unpaired) electrons. The normalized spacial score (nSPS) is 24.2. The Kier molecular flexibility index (Phi) is 8.09. The number of nitrogens with zero attached hydrogens (tertiary/aromatic N) is 2. The highest BCUT2D eigenvalue weighted by molar-refractivity contribution is 6.56. The van der Waals surface area contributed by atoms with Gasteiger partial charge in [-0.15, -0.1) is 0 Å². The Balaban J connectivity index is 2.18. The maximum Gasteiger partial charge on any atom is 0.494 e. The molecule has 1 fully saturated rings. The van der Waals surface area contributed by atoms with E-state index in [9.17, 15) is 0 Å². The Morgan fingerprint density at radius 1 is 1.16 bits per heavy atom. The summed E-state index contributed by atoms with van der Waals surface area (Å²) in [5.41, 5.74) is 6.95. The van der Waals surface area contributed by atoms with Gasteiger partial charge in [-0.25, -0.2) is 10.4 Å². The van der Waals surface area contributed by atoms with Crippen molar-refractivity contribution in [3.8, 4) is 0 Å². The van der Waals surface area contributed by atoms with E-state index in [2.05, 4.69) is 65.4 Å². The summed E-state index contributed by atoms with van der Waals surface area (Å²) in [4.78, 5) is 4.75. The van der Waals surface area contributed by atoms with Crippen LogP contribution >= 0.6 is 0 Å². The fourth-order valence-corrected chi connectivity index (χ4v) is 3.31. The standard InChI is InChI=1S/C25H38BN3O2/c1-11-19(6)21(26-30-24(7,8)25(9,10)31-26)14-15-22-27-23(13-3)29(28-22)17-16-20(12-2)18(4)5/h11-14,16-17,22,28H,3-4,15H2,1-2,5-10H3/b17-16+,19-11-,20-12-,21-14+. The zero-order valence-electron chi connectivity index (χ0n) is 20.5. The van der Waals surface area contributed by atoms with Crippen LogP contribution in [0.2, 0.25) is 0 Å². The van der Waals surface area contributed by atoms with E-state index in [-0.39, 0.29) is 17.4 Å². The number of hydrogen-bond acceptors (Lipinski definition) is 5. The molecule has 168 valence electrons. The molecule has 0 amide bonds. The SMILES string of the molecule is C=CC1=NC(C/C=C(B2OC(C)(C)C(C)(C)O2)\C(C)=C/C)NN1/C=C/C(=C/C)C(=C)C. The second-order valence-corrected chi connectivity index (χ2v) is 9.00. The zero-order chi connectivity index (χ0) is 23.4. The molecule has 2 heterocycles. The first-order chi connectivity index (χ1) is 14.5. The quantitative estimate of drug-likeness (QED) is 0.404. The van der Waals surface area contributed by atoms with Crippen LogP contribution in [-0.2, 0) is 9.31 Å². The summed E-state index contributed by atoms with van der Waals surface area (Å²) in [5, 5.41) is 1.90. The minimum absolute atomic E-state index is 0.0985. The van der Waals surface area contributed by atoms with Crippen molar-refractivity contribution >= 4 is 13.0 Å². The van der Waals surface area contributed by atoms with Gasteiger partial charge in [-0.3, -0.25) is 5.01 Å². The van der Waals surface area contributed by atoms with Crippen molar-refractivity contribution in [3.63, 3.8) is 0 Å². The predicted octanol–water partition coefficient (Wildman–Crippen LogP) is 5.67. The summed E-state index contributed by atoms with van der Waals surface area (Å²) in [6, 6.07) is 0. The molecular formula is C25H38BN3O2. The average molecular weight is 423 g/mol. The number of hydrogen-bond donors (Lipinski definition) is 1. The van der Waals surface area contributed by atoms with Gasteiger partial charge in [0, 0.05) is 12.6 Å². The number of rotatable bonds is 8. The molecule has 1 saturated heterocycles. The third-order valence-corrected chi connectivity index (χ3v) is 6.17. The van der Waals surface area contributed by atoms with Gasteiger partial charge in [0.25, 0.3) is 0 Å². The number of aliphatic imine (C=N–C) groups is 1. The fraction of sp³-hybridized carbons (Fsp3) is 0.480. The summed E-state index contributed by atoms with van der Waals surface area (Å²) in [6.45, 7) is 24.3. The van der Waals surface area contributed by atoms with Crippen LogP contribution in [0.1, 0.15) is 61.8 Å². The molecule has 1 unspecified atom stereocenters. The van der Waals surface area contributed by atoms with Crippen molar-refractivity contribution in [1.82, 2.24) is 10.4 Å². The molecule has 5 nitrogen and oxygen atoms in total. The summed E-state index contributed by atoms with van der Waals surface area (Å²) < 4.78 is 12.6. The van der Waals surface area contributed by atoms with Crippen LogP contribution in [0.15, 0.2) is 76.9 Å². The van der Waals surface area contributed by atoms with Crippen LogP contribution in [0.5, 0.6) is 0 Å². The lowest BCUT2D eigenvalue weighted by atomic mass is 9.73. The van der Waals surface area contributed by atoms with E-state index >= 15 is 0 Å². The van der Waals surface area contributed by atoms with Gasteiger partial charge in [0.05, 0.1) is 11.2 Å². The Hall–Kier alpha value is -2.15. The minimum atomic E-state index is -0.394. The zero-order valence-corrected chi connectivity index (χ0v) is 20.5. The first kappa shape index (κ1) is 25.1. The third-order valence-electron chi connectivity index (χ3n) is 6.17. The number of nitrogens with one attached hydrogen (secondary N) is 1. The van der Waals surface area contributed by atoms with E-state index in [1.165, 1.54) is 0 Å². The van der Waals surface area contributed by atoms with Gasteiger partial charge in [0.2, 0.25) is 0 Å². The molecule has 2 aliphatic heterocycles. The molecule has 0 spiro atoms. The molecule has 31 heavy (non-hydrogen) atoms. The molecule has 1 N–H and O–H groups in total.